The fourth-order valence-electron chi connectivity index (χ4n) is 3.81. The van der Waals surface area contributed by atoms with Gasteiger partial charge in [0.2, 0.25) is 0 Å². The van der Waals surface area contributed by atoms with Gasteiger partial charge in [-0.25, -0.2) is 9.78 Å². The van der Waals surface area contributed by atoms with Gasteiger partial charge in [-0.2, -0.15) is 4.98 Å². The second-order valence-corrected chi connectivity index (χ2v) is 8.54. The summed E-state index contributed by atoms with van der Waals surface area (Å²) in [5, 5.41) is 3.56. The molecule has 3 heterocycles. The number of ether oxygens (including phenoxy) is 1. The Labute approximate surface area is 200 Å². The summed E-state index contributed by atoms with van der Waals surface area (Å²) in [5.41, 5.74) is 0.506. The van der Waals surface area contributed by atoms with Crippen LogP contribution in [0.4, 0.5) is 0 Å². The Bertz CT molecular complexity index is 1370. The van der Waals surface area contributed by atoms with Gasteiger partial charge in [0.1, 0.15) is 17.1 Å². The van der Waals surface area contributed by atoms with E-state index < -0.39 is 16.6 Å². The van der Waals surface area contributed by atoms with Crippen LogP contribution in [0, 0.1) is 0 Å². The standard InChI is InChI=1S/C23H27ClN6O4/c1-3-4-7-13-30-20-18(21(31)28-23(30)32)25-17(26-20)12-8-10-15(24)19-27-22(34-29-19)14-9-5-6-11-16(14)33-2/h5-6,9,11,15H,3-4,7-8,10,12-13H2,1-2H3,(H,25,26)(H,28,31,32). The van der Waals surface area contributed by atoms with E-state index in [9.17, 15) is 9.59 Å². The number of nitrogens with one attached hydrogen (secondary N) is 2. The second-order valence-electron chi connectivity index (χ2n) is 8.02. The number of rotatable bonds is 11. The molecule has 4 rings (SSSR count). The number of alkyl halides is 1. The van der Waals surface area contributed by atoms with Gasteiger partial charge in [0.05, 0.1) is 18.1 Å². The van der Waals surface area contributed by atoms with Crippen LogP contribution in [-0.2, 0) is 13.0 Å². The number of benzene rings is 1. The third-order valence-electron chi connectivity index (χ3n) is 5.60. The number of fused-ring (bicyclic) bond motifs is 1. The van der Waals surface area contributed by atoms with Crippen molar-refractivity contribution in [1.29, 1.82) is 0 Å². The monoisotopic (exact) mass is 486 g/mol. The summed E-state index contributed by atoms with van der Waals surface area (Å²) in [5.74, 6) is 2.00. The van der Waals surface area contributed by atoms with Gasteiger partial charge in [0.25, 0.3) is 11.4 Å². The number of hydrogen-bond donors (Lipinski definition) is 2. The molecule has 0 fully saturated rings. The maximum Gasteiger partial charge on any atom is 0.330 e. The molecule has 11 heteroatoms. The Morgan fingerprint density at radius 2 is 1.97 bits per heavy atom. The van der Waals surface area contributed by atoms with Gasteiger partial charge in [0, 0.05) is 13.0 Å². The molecule has 10 nitrogen and oxygen atoms in total. The van der Waals surface area contributed by atoms with Gasteiger partial charge >= 0.3 is 5.69 Å². The molecule has 34 heavy (non-hydrogen) atoms. The van der Waals surface area contributed by atoms with Crippen LogP contribution in [-0.4, -0.2) is 36.8 Å². The summed E-state index contributed by atoms with van der Waals surface area (Å²) >= 11 is 6.52. The first-order valence-corrected chi connectivity index (χ1v) is 11.8. The molecule has 0 saturated heterocycles. The Morgan fingerprint density at radius 3 is 2.76 bits per heavy atom. The molecule has 180 valence electrons. The molecule has 1 atom stereocenters. The summed E-state index contributed by atoms with van der Waals surface area (Å²) in [6.07, 6.45) is 4.67. The number of hydrogen-bond acceptors (Lipinski definition) is 7. The first kappa shape index (κ1) is 23.7. The van der Waals surface area contributed by atoms with Crippen molar-refractivity contribution in [2.24, 2.45) is 0 Å². The first-order valence-electron chi connectivity index (χ1n) is 11.3. The number of nitrogens with zero attached hydrogens (tertiary/aromatic N) is 4. The van der Waals surface area contributed by atoms with E-state index in [1.807, 2.05) is 24.3 Å². The zero-order valence-corrected chi connectivity index (χ0v) is 19.9. The highest BCUT2D eigenvalue weighted by atomic mass is 35.5. The number of H-pyrrole nitrogens is 2. The molecule has 0 amide bonds. The van der Waals surface area contributed by atoms with Crippen molar-refractivity contribution in [2.45, 2.75) is 57.4 Å². The molecule has 0 bridgehead atoms. The van der Waals surface area contributed by atoms with Gasteiger partial charge in [-0.15, -0.1) is 11.6 Å². The quantitative estimate of drug-likeness (QED) is 0.242. The van der Waals surface area contributed by atoms with Crippen molar-refractivity contribution < 1.29 is 9.26 Å². The SMILES string of the molecule is CCCCCn1c(=O)[nH]c(=O)c2[nH]c(CCCC(Cl)c3noc(-c4ccccc4OC)n3)nc21. The minimum atomic E-state index is -0.462. The molecule has 0 saturated carbocycles. The van der Waals surface area contributed by atoms with Crippen molar-refractivity contribution in [1.82, 2.24) is 29.7 Å². The highest BCUT2D eigenvalue weighted by Gasteiger charge is 2.19. The highest BCUT2D eigenvalue weighted by Crippen LogP contribution is 2.31. The fraction of sp³-hybridized carbons (Fsp3) is 0.435. The van der Waals surface area contributed by atoms with Crippen LogP contribution in [0.3, 0.4) is 0 Å². The number of methoxy groups -OCH3 is 1. The minimum absolute atomic E-state index is 0.313. The summed E-state index contributed by atoms with van der Waals surface area (Å²) < 4.78 is 12.2. The van der Waals surface area contributed by atoms with Crippen LogP contribution in [0.5, 0.6) is 5.75 Å². The number of aromatic nitrogens is 6. The number of aryl methyl sites for hydroxylation is 2. The minimum Gasteiger partial charge on any atom is -0.496 e. The zero-order chi connectivity index (χ0) is 24.1. The average Bonchev–Trinajstić information content (AvgIpc) is 3.49. The summed E-state index contributed by atoms with van der Waals surface area (Å²) in [6, 6.07) is 7.38. The topological polar surface area (TPSA) is 132 Å². The lowest BCUT2D eigenvalue weighted by atomic mass is 10.1. The molecule has 3 aromatic heterocycles. The number of unbranched alkanes of at least 4 members (excludes halogenated alkanes) is 2. The number of para-hydroxylation sites is 1. The van der Waals surface area contributed by atoms with Crippen molar-refractivity contribution in [2.75, 3.05) is 7.11 Å². The lowest BCUT2D eigenvalue weighted by Crippen LogP contribution is -2.30. The van der Waals surface area contributed by atoms with Crippen molar-refractivity contribution >= 4 is 22.8 Å². The summed E-state index contributed by atoms with van der Waals surface area (Å²) in [4.78, 5) is 38.9. The largest absolute Gasteiger partial charge is 0.496 e. The predicted octanol–water partition coefficient (Wildman–Crippen LogP) is 3.96. The average molecular weight is 487 g/mol. The van der Waals surface area contributed by atoms with Crippen LogP contribution in [0.25, 0.3) is 22.6 Å². The highest BCUT2D eigenvalue weighted by molar-refractivity contribution is 6.20. The van der Waals surface area contributed by atoms with Gasteiger partial charge < -0.3 is 14.2 Å². The predicted molar refractivity (Wildman–Crippen MR) is 128 cm³/mol. The van der Waals surface area contributed by atoms with E-state index in [0.717, 1.165) is 19.3 Å². The lowest BCUT2D eigenvalue weighted by molar-refractivity contribution is 0.402. The van der Waals surface area contributed by atoms with Crippen molar-refractivity contribution in [3.8, 4) is 17.2 Å². The molecular formula is C23H27ClN6O4. The normalized spacial score (nSPS) is 12.3. The molecule has 0 radical (unpaired) electrons. The number of aromatic amines is 2. The third kappa shape index (κ3) is 5.06. The summed E-state index contributed by atoms with van der Waals surface area (Å²) in [6.45, 7) is 2.61. The first-order chi connectivity index (χ1) is 16.5. The Balaban J connectivity index is 1.42. The molecular weight excluding hydrogens is 460 g/mol. The zero-order valence-electron chi connectivity index (χ0n) is 19.1. The van der Waals surface area contributed by atoms with E-state index >= 15 is 0 Å². The second kappa shape index (κ2) is 10.7. The van der Waals surface area contributed by atoms with E-state index in [4.69, 9.17) is 20.9 Å². The molecule has 0 spiro atoms. The van der Waals surface area contributed by atoms with E-state index in [1.54, 1.807) is 7.11 Å². The molecule has 2 N–H and O–H groups in total. The lowest BCUT2D eigenvalue weighted by Gasteiger charge is -2.04. The van der Waals surface area contributed by atoms with Crippen LogP contribution in [0.1, 0.15) is 56.1 Å². The molecule has 0 aliphatic carbocycles. The number of halogens is 1. The number of imidazole rings is 1. The van der Waals surface area contributed by atoms with Gasteiger partial charge in [-0.1, -0.05) is 37.1 Å². The maximum absolute atomic E-state index is 12.3. The van der Waals surface area contributed by atoms with Gasteiger partial charge in [-0.3, -0.25) is 14.3 Å². The van der Waals surface area contributed by atoms with Crippen LogP contribution >= 0.6 is 11.6 Å². The molecule has 0 aliphatic rings. The van der Waals surface area contributed by atoms with Gasteiger partial charge in [0.15, 0.2) is 11.5 Å². The Morgan fingerprint density at radius 1 is 1.15 bits per heavy atom. The van der Waals surface area contributed by atoms with E-state index in [-0.39, 0.29) is 0 Å². The van der Waals surface area contributed by atoms with Crippen LogP contribution < -0.4 is 16.0 Å². The van der Waals surface area contributed by atoms with Crippen molar-refractivity contribution in [3.63, 3.8) is 0 Å². The molecule has 4 aromatic rings. The third-order valence-corrected chi connectivity index (χ3v) is 6.01. The van der Waals surface area contributed by atoms with Crippen molar-refractivity contribution in [3.05, 3.63) is 56.8 Å². The Kier molecular flexibility index (Phi) is 7.46. The van der Waals surface area contributed by atoms with E-state index in [2.05, 4.69) is 32.0 Å². The van der Waals surface area contributed by atoms with Crippen LogP contribution in [0.2, 0.25) is 0 Å². The Hall–Kier alpha value is -3.40. The molecule has 0 aliphatic heterocycles. The van der Waals surface area contributed by atoms with Gasteiger partial charge in [-0.05, 0) is 31.4 Å². The van der Waals surface area contributed by atoms with Crippen LogP contribution in [0.15, 0.2) is 38.4 Å². The maximum atomic E-state index is 12.3. The molecule has 1 unspecified atom stereocenters. The van der Waals surface area contributed by atoms with E-state index in [1.165, 1.54) is 4.57 Å². The molecule has 1 aromatic carbocycles. The summed E-state index contributed by atoms with van der Waals surface area (Å²) in [7, 11) is 1.58. The smallest absolute Gasteiger partial charge is 0.330 e. The fourth-order valence-corrected chi connectivity index (χ4v) is 4.05. The van der Waals surface area contributed by atoms with E-state index in [0.29, 0.717) is 65.8 Å².